The van der Waals surface area contributed by atoms with E-state index in [0.717, 1.165) is 58.8 Å². The number of rotatable bonds is 39. The maximum absolute atomic E-state index is 12.3. The zero-order valence-electron chi connectivity index (χ0n) is 35.0. The van der Waals surface area contributed by atoms with E-state index in [1.54, 1.807) is 0 Å². The molecule has 0 spiro atoms. The number of ether oxygens (including phenoxy) is 1. The highest BCUT2D eigenvalue weighted by atomic mass is 79.9. The molecular formula is C47H82Br2N2O3. The van der Waals surface area contributed by atoms with Crippen LogP contribution in [0.5, 0.6) is 5.75 Å². The molecule has 2 N–H and O–H groups in total. The van der Waals surface area contributed by atoms with E-state index in [4.69, 9.17) is 4.74 Å². The Morgan fingerprint density at radius 2 is 0.889 bits per heavy atom. The summed E-state index contributed by atoms with van der Waals surface area (Å²) in [4.78, 5) is 24.6. The lowest BCUT2D eigenvalue weighted by atomic mass is 10.0. The van der Waals surface area contributed by atoms with Crippen molar-refractivity contribution < 1.29 is 14.3 Å². The van der Waals surface area contributed by atoms with Gasteiger partial charge in [-0.3, -0.25) is 9.59 Å². The summed E-state index contributed by atoms with van der Waals surface area (Å²) >= 11 is 7.32. The Balaban J connectivity index is 2.00. The van der Waals surface area contributed by atoms with Gasteiger partial charge in [0.25, 0.3) is 0 Å². The van der Waals surface area contributed by atoms with Gasteiger partial charge >= 0.3 is 0 Å². The Kier molecular flexibility index (Phi) is 36.2. The van der Waals surface area contributed by atoms with Gasteiger partial charge in [-0.25, -0.2) is 0 Å². The first-order valence-electron chi connectivity index (χ1n) is 22.8. The summed E-state index contributed by atoms with van der Waals surface area (Å²) in [5.74, 6) is 1.07. The van der Waals surface area contributed by atoms with Crippen LogP contribution in [0.1, 0.15) is 218 Å². The standard InChI is InChI=1S/C47H82Br2N2O3/c1-3-5-7-9-11-13-15-17-19-21-23-25-27-29-31-34-45(52)50-37-33-39-54-47-43(48)40-42(41-44(47)49)36-38-51-46(53)35-32-30-28-26-24-22-20-18-16-14-12-10-8-6-4-2/h18,20,40-41H,3-17,19,21-39H2,1-2H3,(H,50,52)(H,51,53)/b20-18-. The molecule has 0 aliphatic heterocycles. The van der Waals surface area contributed by atoms with E-state index < -0.39 is 0 Å². The molecule has 0 aliphatic rings. The molecule has 0 saturated heterocycles. The monoisotopic (exact) mass is 880 g/mol. The number of nitrogens with one attached hydrogen (secondary N) is 2. The molecule has 0 radical (unpaired) electrons. The van der Waals surface area contributed by atoms with Crippen molar-refractivity contribution in [3.8, 4) is 5.75 Å². The second kappa shape index (κ2) is 38.5. The molecule has 312 valence electrons. The Morgan fingerprint density at radius 3 is 1.31 bits per heavy atom. The summed E-state index contributed by atoms with van der Waals surface area (Å²) in [6, 6.07) is 4.13. The van der Waals surface area contributed by atoms with Crippen molar-refractivity contribution in [3.05, 3.63) is 38.8 Å². The van der Waals surface area contributed by atoms with Gasteiger partial charge in [0.1, 0.15) is 5.75 Å². The van der Waals surface area contributed by atoms with Crippen molar-refractivity contribution in [2.45, 2.75) is 219 Å². The average Bonchev–Trinajstić information content (AvgIpc) is 3.15. The first-order valence-corrected chi connectivity index (χ1v) is 24.4. The van der Waals surface area contributed by atoms with Crippen LogP contribution in [-0.4, -0.2) is 31.5 Å². The second-order valence-corrected chi connectivity index (χ2v) is 17.3. The molecule has 1 aromatic carbocycles. The normalized spacial score (nSPS) is 11.4. The van der Waals surface area contributed by atoms with Gasteiger partial charge in [0.2, 0.25) is 11.8 Å². The lowest BCUT2D eigenvalue weighted by Crippen LogP contribution is -2.25. The number of hydrogen-bond acceptors (Lipinski definition) is 3. The van der Waals surface area contributed by atoms with Crippen LogP contribution in [0.15, 0.2) is 33.2 Å². The van der Waals surface area contributed by atoms with Crippen LogP contribution in [0.4, 0.5) is 0 Å². The molecule has 0 aromatic heterocycles. The van der Waals surface area contributed by atoms with Gasteiger partial charge in [-0.15, -0.1) is 0 Å². The van der Waals surface area contributed by atoms with Crippen molar-refractivity contribution in [2.75, 3.05) is 19.7 Å². The SMILES string of the molecule is CCCCCCCC/C=C\CCCCCCCC(=O)NCCc1cc(Br)c(OCCCNC(=O)CCCCCCCCCCCCCCCCC)c(Br)c1. The van der Waals surface area contributed by atoms with Crippen molar-refractivity contribution in [3.63, 3.8) is 0 Å². The fourth-order valence-electron chi connectivity index (χ4n) is 6.91. The lowest BCUT2D eigenvalue weighted by Gasteiger charge is -2.13. The van der Waals surface area contributed by atoms with Crippen LogP contribution in [0.3, 0.4) is 0 Å². The van der Waals surface area contributed by atoms with Gasteiger partial charge < -0.3 is 15.4 Å². The van der Waals surface area contributed by atoms with Gasteiger partial charge in [-0.1, -0.05) is 167 Å². The molecule has 0 fully saturated rings. The zero-order valence-corrected chi connectivity index (χ0v) is 38.2. The van der Waals surface area contributed by atoms with Crippen molar-refractivity contribution >= 4 is 43.7 Å². The minimum atomic E-state index is 0.146. The summed E-state index contributed by atoms with van der Waals surface area (Å²) in [7, 11) is 0. The highest BCUT2D eigenvalue weighted by molar-refractivity contribution is 9.11. The maximum Gasteiger partial charge on any atom is 0.220 e. The van der Waals surface area contributed by atoms with Crippen LogP contribution >= 0.6 is 31.9 Å². The molecule has 5 nitrogen and oxygen atoms in total. The Labute approximate surface area is 350 Å². The Hall–Kier alpha value is -1.34. The highest BCUT2D eigenvalue weighted by Gasteiger charge is 2.10. The van der Waals surface area contributed by atoms with E-state index in [2.05, 4.69) is 80.6 Å². The number of hydrogen-bond donors (Lipinski definition) is 2. The predicted molar refractivity (Wildman–Crippen MR) is 241 cm³/mol. The predicted octanol–water partition coefficient (Wildman–Crippen LogP) is 15.1. The highest BCUT2D eigenvalue weighted by Crippen LogP contribution is 2.35. The molecule has 0 saturated carbocycles. The summed E-state index contributed by atoms with van der Waals surface area (Å²) in [5, 5.41) is 6.13. The van der Waals surface area contributed by atoms with E-state index in [-0.39, 0.29) is 11.8 Å². The first kappa shape index (κ1) is 50.7. The first-order chi connectivity index (χ1) is 26.5. The van der Waals surface area contributed by atoms with E-state index in [1.165, 1.54) is 154 Å². The van der Waals surface area contributed by atoms with Crippen LogP contribution in [0, 0.1) is 0 Å². The van der Waals surface area contributed by atoms with Gasteiger partial charge in [-0.05, 0) is 101 Å². The fraction of sp³-hybridized carbons (Fsp3) is 0.787. The number of allylic oxidation sites excluding steroid dienone is 2. The molecule has 1 rings (SSSR count). The number of unbranched alkanes of at least 4 members (excludes halogenated alkanes) is 25. The van der Waals surface area contributed by atoms with Crippen LogP contribution in [0.2, 0.25) is 0 Å². The molecule has 0 unspecified atom stereocenters. The topological polar surface area (TPSA) is 67.4 Å². The van der Waals surface area contributed by atoms with Gasteiger partial charge in [0.15, 0.2) is 0 Å². The van der Waals surface area contributed by atoms with Crippen LogP contribution < -0.4 is 15.4 Å². The van der Waals surface area contributed by atoms with E-state index >= 15 is 0 Å². The number of amides is 2. The fourth-order valence-corrected chi connectivity index (χ4v) is 8.42. The number of carbonyl (C=O) groups is 2. The number of benzene rings is 1. The third kappa shape index (κ3) is 31.8. The van der Waals surface area contributed by atoms with Crippen LogP contribution in [0.25, 0.3) is 0 Å². The molecule has 1 aromatic rings. The molecular weight excluding hydrogens is 800 g/mol. The smallest absolute Gasteiger partial charge is 0.220 e. The second-order valence-electron chi connectivity index (χ2n) is 15.6. The van der Waals surface area contributed by atoms with Crippen molar-refractivity contribution in [2.24, 2.45) is 0 Å². The quantitative estimate of drug-likeness (QED) is 0.0511. The average molecular weight is 883 g/mol. The lowest BCUT2D eigenvalue weighted by molar-refractivity contribution is -0.122. The molecule has 2 amide bonds. The molecule has 0 aliphatic carbocycles. The molecule has 0 bridgehead atoms. The molecule has 0 heterocycles. The molecule has 0 atom stereocenters. The van der Waals surface area contributed by atoms with Gasteiger partial charge in [-0.2, -0.15) is 0 Å². The number of halogens is 2. The Morgan fingerprint density at radius 1 is 0.519 bits per heavy atom. The van der Waals surface area contributed by atoms with E-state index in [1.807, 2.05) is 0 Å². The summed E-state index contributed by atoms with van der Waals surface area (Å²) < 4.78 is 7.82. The maximum atomic E-state index is 12.3. The van der Waals surface area contributed by atoms with E-state index in [9.17, 15) is 9.59 Å². The largest absolute Gasteiger partial charge is 0.491 e. The van der Waals surface area contributed by atoms with Crippen LogP contribution in [-0.2, 0) is 16.0 Å². The third-order valence-electron chi connectivity index (χ3n) is 10.4. The minimum Gasteiger partial charge on any atom is -0.491 e. The minimum absolute atomic E-state index is 0.146. The Bertz CT molecular complexity index is 1040. The molecule has 54 heavy (non-hydrogen) atoms. The summed E-state index contributed by atoms with van der Waals surface area (Å²) in [6.45, 7) is 6.34. The molecule has 7 heteroatoms. The van der Waals surface area contributed by atoms with Crippen molar-refractivity contribution in [1.82, 2.24) is 10.6 Å². The van der Waals surface area contributed by atoms with Gasteiger partial charge in [0, 0.05) is 25.9 Å². The van der Waals surface area contributed by atoms with Crippen molar-refractivity contribution in [1.29, 1.82) is 0 Å². The summed E-state index contributed by atoms with van der Waals surface area (Å²) in [6.07, 6.45) is 44.0. The third-order valence-corrected chi connectivity index (χ3v) is 11.5. The van der Waals surface area contributed by atoms with Gasteiger partial charge in [0.05, 0.1) is 15.6 Å². The van der Waals surface area contributed by atoms with E-state index in [0.29, 0.717) is 32.5 Å². The number of carbonyl (C=O) groups excluding carboxylic acids is 2. The summed E-state index contributed by atoms with van der Waals surface area (Å²) in [5.41, 5.74) is 1.13. The zero-order chi connectivity index (χ0) is 39.2.